The number of rotatable bonds is 4. The van der Waals surface area contributed by atoms with Gasteiger partial charge in [0.2, 0.25) is 0 Å². The first-order chi connectivity index (χ1) is 10.2. The van der Waals surface area contributed by atoms with E-state index < -0.39 is 0 Å². The summed E-state index contributed by atoms with van der Waals surface area (Å²) in [6.07, 6.45) is 0.307. The third kappa shape index (κ3) is 3.17. The Balaban J connectivity index is 1.77. The molecule has 3 nitrogen and oxygen atoms in total. The second-order valence-corrected chi connectivity index (χ2v) is 5.66. The van der Waals surface area contributed by atoms with E-state index in [0.29, 0.717) is 17.7 Å². The highest BCUT2D eigenvalue weighted by Crippen LogP contribution is 2.22. The van der Waals surface area contributed by atoms with Crippen molar-refractivity contribution in [2.45, 2.75) is 6.42 Å². The summed E-state index contributed by atoms with van der Waals surface area (Å²) in [5, 5.41) is 2.80. The maximum absolute atomic E-state index is 12.2. The number of carbonyl (C=O) groups is 1. The Hall–Kier alpha value is -2.46. The standard InChI is InChI=1S/C17H14N2OS/c18-14-8-4-7-13(9-14)16(20)10-17-19-15(11-21-17)12-5-2-1-3-6-12/h1-9,11H,10,18H2. The van der Waals surface area contributed by atoms with E-state index >= 15 is 0 Å². The highest BCUT2D eigenvalue weighted by molar-refractivity contribution is 7.10. The van der Waals surface area contributed by atoms with Crippen molar-refractivity contribution in [3.8, 4) is 11.3 Å². The van der Waals surface area contributed by atoms with Crippen molar-refractivity contribution in [3.63, 3.8) is 0 Å². The van der Waals surface area contributed by atoms with Gasteiger partial charge < -0.3 is 5.73 Å². The number of benzene rings is 2. The van der Waals surface area contributed by atoms with Gasteiger partial charge in [-0.2, -0.15) is 0 Å². The van der Waals surface area contributed by atoms with E-state index in [1.54, 1.807) is 24.3 Å². The fraction of sp³-hybridized carbons (Fsp3) is 0.0588. The number of nitrogens with two attached hydrogens (primary N) is 1. The number of ketones is 1. The minimum absolute atomic E-state index is 0.0382. The lowest BCUT2D eigenvalue weighted by Crippen LogP contribution is -2.03. The summed E-state index contributed by atoms with van der Waals surface area (Å²) in [5.41, 5.74) is 8.92. The third-order valence-corrected chi connectivity index (χ3v) is 3.99. The first kappa shape index (κ1) is 13.5. The lowest BCUT2D eigenvalue weighted by molar-refractivity contribution is 0.0993. The first-order valence-electron chi connectivity index (χ1n) is 6.61. The number of thiazole rings is 1. The molecular weight excluding hydrogens is 280 g/mol. The Labute approximate surface area is 127 Å². The number of hydrogen-bond acceptors (Lipinski definition) is 4. The highest BCUT2D eigenvalue weighted by atomic mass is 32.1. The summed E-state index contributed by atoms with van der Waals surface area (Å²) in [5.74, 6) is 0.0382. The van der Waals surface area contributed by atoms with Crippen molar-refractivity contribution in [3.05, 3.63) is 70.5 Å². The van der Waals surface area contributed by atoms with Crippen LogP contribution in [0.15, 0.2) is 60.0 Å². The average molecular weight is 294 g/mol. The Morgan fingerprint density at radius 3 is 2.67 bits per heavy atom. The van der Waals surface area contributed by atoms with Crippen molar-refractivity contribution in [1.29, 1.82) is 0 Å². The largest absolute Gasteiger partial charge is 0.399 e. The van der Waals surface area contributed by atoms with Crippen molar-refractivity contribution in [2.24, 2.45) is 0 Å². The molecule has 0 bridgehead atoms. The van der Waals surface area contributed by atoms with Gasteiger partial charge in [-0.05, 0) is 12.1 Å². The average Bonchev–Trinajstić information content (AvgIpc) is 2.97. The van der Waals surface area contributed by atoms with Crippen molar-refractivity contribution >= 4 is 22.8 Å². The number of carbonyl (C=O) groups excluding carboxylic acids is 1. The molecule has 0 spiro atoms. The van der Waals surface area contributed by atoms with Gasteiger partial charge in [-0.15, -0.1) is 11.3 Å². The van der Waals surface area contributed by atoms with E-state index in [0.717, 1.165) is 16.3 Å². The van der Waals surface area contributed by atoms with E-state index in [4.69, 9.17) is 5.73 Å². The lowest BCUT2D eigenvalue weighted by atomic mass is 10.1. The van der Waals surface area contributed by atoms with Gasteiger partial charge in [0, 0.05) is 22.2 Å². The predicted octanol–water partition coefficient (Wildman–Crippen LogP) is 3.82. The van der Waals surface area contributed by atoms with E-state index in [2.05, 4.69) is 4.98 Å². The zero-order valence-corrected chi connectivity index (χ0v) is 12.1. The van der Waals surface area contributed by atoms with Crippen LogP contribution in [0.3, 0.4) is 0 Å². The fourth-order valence-electron chi connectivity index (χ4n) is 2.09. The molecule has 0 saturated carbocycles. The maximum Gasteiger partial charge on any atom is 0.169 e. The zero-order chi connectivity index (χ0) is 14.7. The van der Waals surface area contributed by atoms with Crippen LogP contribution in [0.5, 0.6) is 0 Å². The Bertz CT molecular complexity index is 765. The van der Waals surface area contributed by atoms with E-state index in [1.807, 2.05) is 35.7 Å². The van der Waals surface area contributed by atoms with Gasteiger partial charge >= 0.3 is 0 Å². The van der Waals surface area contributed by atoms with Crippen LogP contribution in [-0.4, -0.2) is 10.8 Å². The molecule has 0 aliphatic carbocycles. The second-order valence-electron chi connectivity index (χ2n) is 4.72. The predicted molar refractivity (Wildman–Crippen MR) is 86.4 cm³/mol. The molecule has 4 heteroatoms. The van der Waals surface area contributed by atoms with Crippen LogP contribution in [0.2, 0.25) is 0 Å². The van der Waals surface area contributed by atoms with Crippen LogP contribution in [0.25, 0.3) is 11.3 Å². The highest BCUT2D eigenvalue weighted by Gasteiger charge is 2.11. The summed E-state index contributed by atoms with van der Waals surface area (Å²) in [6.45, 7) is 0. The fourth-order valence-corrected chi connectivity index (χ4v) is 2.89. The van der Waals surface area contributed by atoms with Crippen molar-refractivity contribution in [1.82, 2.24) is 4.98 Å². The molecule has 0 unspecified atom stereocenters. The van der Waals surface area contributed by atoms with Gasteiger partial charge in [0.15, 0.2) is 5.78 Å². The molecule has 2 aromatic carbocycles. The van der Waals surface area contributed by atoms with Crippen LogP contribution >= 0.6 is 11.3 Å². The second kappa shape index (κ2) is 5.89. The molecule has 2 N–H and O–H groups in total. The van der Waals surface area contributed by atoms with Gasteiger partial charge in [0.25, 0.3) is 0 Å². The molecule has 3 rings (SSSR count). The molecule has 0 saturated heterocycles. The van der Waals surface area contributed by atoms with E-state index in [-0.39, 0.29) is 5.78 Å². The van der Waals surface area contributed by atoms with Crippen LogP contribution < -0.4 is 5.73 Å². The van der Waals surface area contributed by atoms with Gasteiger partial charge in [-0.3, -0.25) is 4.79 Å². The van der Waals surface area contributed by atoms with Crippen molar-refractivity contribution < 1.29 is 4.79 Å². The van der Waals surface area contributed by atoms with Crippen LogP contribution in [0.4, 0.5) is 5.69 Å². The summed E-state index contributed by atoms with van der Waals surface area (Å²) in [4.78, 5) is 16.8. The summed E-state index contributed by atoms with van der Waals surface area (Å²) < 4.78 is 0. The van der Waals surface area contributed by atoms with Gasteiger partial charge in [-0.25, -0.2) is 4.98 Å². The molecule has 1 aromatic heterocycles. The number of anilines is 1. The molecule has 0 atom stereocenters. The van der Waals surface area contributed by atoms with Crippen LogP contribution in [-0.2, 0) is 6.42 Å². The number of nitrogens with zero attached hydrogens (tertiary/aromatic N) is 1. The van der Waals surface area contributed by atoms with Gasteiger partial charge in [0.1, 0.15) is 5.01 Å². The van der Waals surface area contributed by atoms with Gasteiger partial charge in [-0.1, -0.05) is 42.5 Å². The number of hydrogen-bond donors (Lipinski definition) is 1. The topological polar surface area (TPSA) is 56.0 Å². The first-order valence-corrected chi connectivity index (χ1v) is 7.49. The number of aromatic nitrogens is 1. The molecule has 0 fully saturated rings. The third-order valence-electron chi connectivity index (χ3n) is 3.14. The molecule has 0 aliphatic rings. The molecule has 1 heterocycles. The number of nitrogen functional groups attached to an aromatic ring is 1. The molecule has 3 aromatic rings. The van der Waals surface area contributed by atoms with E-state index in [1.165, 1.54) is 11.3 Å². The Kier molecular flexibility index (Phi) is 3.79. The van der Waals surface area contributed by atoms with Crippen LogP contribution in [0, 0.1) is 0 Å². The lowest BCUT2D eigenvalue weighted by Gasteiger charge is -2.00. The molecule has 0 aliphatic heterocycles. The smallest absolute Gasteiger partial charge is 0.169 e. The zero-order valence-electron chi connectivity index (χ0n) is 11.3. The Morgan fingerprint density at radius 2 is 1.90 bits per heavy atom. The number of Topliss-reactive ketones (excluding diaryl/α,β-unsaturated/α-hetero) is 1. The summed E-state index contributed by atoms with van der Waals surface area (Å²) in [6, 6.07) is 17.0. The molecule has 0 radical (unpaired) electrons. The van der Waals surface area contributed by atoms with E-state index in [9.17, 15) is 4.79 Å². The monoisotopic (exact) mass is 294 g/mol. The molecule has 104 valence electrons. The quantitative estimate of drug-likeness (QED) is 0.588. The van der Waals surface area contributed by atoms with Gasteiger partial charge in [0.05, 0.1) is 12.1 Å². The Morgan fingerprint density at radius 1 is 1.10 bits per heavy atom. The SMILES string of the molecule is Nc1cccc(C(=O)Cc2nc(-c3ccccc3)cs2)c1. The summed E-state index contributed by atoms with van der Waals surface area (Å²) >= 11 is 1.51. The van der Waals surface area contributed by atoms with Crippen molar-refractivity contribution in [2.75, 3.05) is 5.73 Å². The normalized spacial score (nSPS) is 10.5. The summed E-state index contributed by atoms with van der Waals surface area (Å²) in [7, 11) is 0. The molecular formula is C17H14N2OS. The minimum Gasteiger partial charge on any atom is -0.399 e. The molecule has 21 heavy (non-hydrogen) atoms. The maximum atomic E-state index is 12.2. The van der Waals surface area contributed by atoms with Crippen LogP contribution in [0.1, 0.15) is 15.4 Å². The molecule has 0 amide bonds. The minimum atomic E-state index is 0.0382.